The van der Waals surface area contributed by atoms with Crippen LogP contribution in [0, 0.1) is 13.8 Å². The summed E-state index contributed by atoms with van der Waals surface area (Å²) >= 11 is 5.11. The number of rotatable bonds is 1. The minimum absolute atomic E-state index is 0.673. The number of thiazole rings is 1. The van der Waals surface area contributed by atoms with Gasteiger partial charge in [-0.3, -0.25) is 0 Å². The van der Waals surface area contributed by atoms with Gasteiger partial charge in [-0.25, -0.2) is 9.67 Å². The third kappa shape index (κ3) is 1.56. The second-order valence-electron chi connectivity index (χ2n) is 4.09. The van der Waals surface area contributed by atoms with E-state index >= 15 is 0 Å². The van der Waals surface area contributed by atoms with Gasteiger partial charge in [0.1, 0.15) is 5.52 Å². The molecule has 0 saturated carbocycles. The van der Waals surface area contributed by atoms with Gasteiger partial charge in [-0.05, 0) is 41.9 Å². The van der Waals surface area contributed by atoms with Crippen molar-refractivity contribution in [2.24, 2.45) is 0 Å². The second-order valence-corrected chi connectivity index (χ2v) is 5.77. The Kier molecular flexibility index (Phi) is 2.64. The van der Waals surface area contributed by atoms with Crippen LogP contribution in [0.4, 0.5) is 5.69 Å². The van der Waals surface area contributed by atoms with Gasteiger partial charge in [0.15, 0.2) is 0 Å². The minimum Gasteiger partial charge on any atom is -0.395 e. The Labute approximate surface area is 117 Å². The summed E-state index contributed by atoms with van der Waals surface area (Å²) < 4.78 is 3.96. The molecule has 0 spiro atoms. The highest BCUT2D eigenvalue weighted by atomic mass is 79.9. The maximum Gasteiger partial charge on any atom is 0.106 e. The molecule has 18 heavy (non-hydrogen) atoms. The predicted molar refractivity (Wildman–Crippen MR) is 78.3 cm³/mol. The van der Waals surface area contributed by atoms with Crippen LogP contribution in [0.1, 0.15) is 11.4 Å². The van der Waals surface area contributed by atoms with Crippen LogP contribution in [0.5, 0.6) is 0 Å². The van der Waals surface area contributed by atoms with Crippen molar-refractivity contribution >= 4 is 43.2 Å². The number of nitrogens with zero attached hydrogens (tertiary/aromatic N) is 3. The molecule has 2 N–H and O–H groups in total. The molecular weight excluding hydrogens is 312 g/mol. The van der Waals surface area contributed by atoms with Gasteiger partial charge in [0.05, 0.1) is 37.4 Å². The smallest absolute Gasteiger partial charge is 0.106 e. The fraction of sp³-hybridized carbons (Fsp3) is 0.167. The average Bonchev–Trinajstić information content (AvgIpc) is 2.92. The van der Waals surface area contributed by atoms with Gasteiger partial charge < -0.3 is 5.73 Å². The van der Waals surface area contributed by atoms with Gasteiger partial charge in [-0.15, -0.1) is 11.3 Å². The van der Waals surface area contributed by atoms with Crippen LogP contribution in [0.25, 0.3) is 15.9 Å². The number of benzene rings is 1. The number of halogens is 1. The third-order valence-corrected chi connectivity index (χ3v) is 4.89. The Morgan fingerprint density at radius 2 is 2.11 bits per heavy atom. The summed E-state index contributed by atoms with van der Waals surface area (Å²) in [7, 11) is 0. The van der Waals surface area contributed by atoms with E-state index in [4.69, 9.17) is 5.73 Å². The first kappa shape index (κ1) is 11.7. The number of aromatic nitrogens is 3. The molecule has 3 aromatic rings. The summed E-state index contributed by atoms with van der Waals surface area (Å²) in [6.07, 6.45) is 0. The number of nitrogen functional groups attached to an aromatic ring is 1. The summed E-state index contributed by atoms with van der Waals surface area (Å²) in [5.74, 6) is 0. The van der Waals surface area contributed by atoms with Crippen molar-refractivity contribution in [3.8, 4) is 5.69 Å². The van der Waals surface area contributed by atoms with Crippen LogP contribution < -0.4 is 5.73 Å². The first-order valence-corrected chi connectivity index (χ1v) is 7.10. The van der Waals surface area contributed by atoms with E-state index in [1.165, 1.54) is 0 Å². The molecule has 0 unspecified atom stereocenters. The standard InChI is InChI=1S/C12H11BrN4S/c1-6-10(13)7(2)17(16-6)8-3-4-9-12(11(8)14)15-5-18-9/h3-5H,14H2,1-2H3. The molecule has 6 heteroatoms. The SMILES string of the molecule is Cc1nn(-c2ccc3scnc3c2N)c(C)c1Br. The zero-order valence-electron chi connectivity index (χ0n) is 9.94. The largest absolute Gasteiger partial charge is 0.395 e. The summed E-state index contributed by atoms with van der Waals surface area (Å²) in [6, 6.07) is 4.02. The molecule has 0 radical (unpaired) electrons. The van der Waals surface area contributed by atoms with E-state index in [0.717, 1.165) is 31.8 Å². The van der Waals surface area contributed by atoms with E-state index in [-0.39, 0.29) is 0 Å². The molecular formula is C12H11BrN4S. The summed E-state index contributed by atoms with van der Waals surface area (Å²) in [4.78, 5) is 4.30. The van der Waals surface area contributed by atoms with Crippen LogP contribution in [-0.4, -0.2) is 14.8 Å². The molecule has 0 aliphatic rings. The molecule has 1 aromatic carbocycles. The zero-order valence-corrected chi connectivity index (χ0v) is 12.3. The van der Waals surface area contributed by atoms with Crippen LogP contribution >= 0.6 is 27.3 Å². The lowest BCUT2D eigenvalue weighted by Gasteiger charge is -2.08. The molecule has 0 aliphatic heterocycles. The van der Waals surface area contributed by atoms with E-state index in [1.54, 1.807) is 11.3 Å². The summed E-state index contributed by atoms with van der Waals surface area (Å²) in [5, 5.41) is 4.50. The molecule has 0 saturated heterocycles. The predicted octanol–water partition coefficient (Wildman–Crippen LogP) is 3.44. The fourth-order valence-corrected chi connectivity index (χ4v) is 2.92. The number of aryl methyl sites for hydroxylation is 1. The van der Waals surface area contributed by atoms with Gasteiger partial charge in [0, 0.05) is 0 Å². The molecule has 4 nitrogen and oxygen atoms in total. The Bertz CT molecular complexity index is 744. The second kappa shape index (κ2) is 4.07. The number of anilines is 1. The van der Waals surface area contributed by atoms with Gasteiger partial charge in [0.25, 0.3) is 0 Å². The Balaban J connectivity index is 2.31. The lowest BCUT2D eigenvalue weighted by Crippen LogP contribution is -2.03. The van der Waals surface area contributed by atoms with Crippen molar-refractivity contribution in [3.63, 3.8) is 0 Å². The van der Waals surface area contributed by atoms with Crippen LogP contribution in [-0.2, 0) is 0 Å². The van der Waals surface area contributed by atoms with Gasteiger partial charge in [0.2, 0.25) is 0 Å². The van der Waals surface area contributed by atoms with Crippen LogP contribution in [0.2, 0.25) is 0 Å². The van der Waals surface area contributed by atoms with E-state index in [0.29, 0.717) is 5.69 Å². The number of nitrogens with two attached hydrogens (primary N) is 1. The zero-order chi connectivity index (χ0) is 12.9. The molecule has 2 aromatic heterocycles. The lowest BCUT2D eigenvalue weighted by atomic mass is 10.2. The Hall–Kier alpha value is -1.40. The van der Waals surface area contributed by atoms with Gasteiger partial charge in [-0.1, -0.05) is 0 Å². The fourth-order valence-electron chi connectivity index (χ4n) is 1.98. The highest BCUT2D eigenvalue weighted by Gasteiger charge is 2.14. The number of hydrogen-bond donors (Lipinski definition) is 1. The van der Waals surface area contributed by atoms with E-state index in [1.807, 2.05) is 36.2 Å². The van der Waals surface area contributed by atoms with E-state index in [2.05, 4.69) is 26.0 Å². The van der Waals surface area contributed by atoms with Crippen molar-refractivity contribution in [3.05, 3.63) is 33.5 Å². The average molecular weight is 323 g/mol. The first-order chi connectivity index (χ1) is 8.59. The summed E-state index contributed by atoms with van der Waals surface area (Å²) in [6.45, 7) is 3.97. The van der Waals surface area contributed by atoms with Gasteiger partial charge >= 0.3 is 0 Å². The number of fused-ring (bicyclic) bond motifs is 1. The van der Waals surface area contributed by atoms with Crippen LogP contribution in [0.3, 0.4) is 0 Å². The molecule has 0 fully saturated rings. The summed E-state index contributed by atoms with van der Waals surface area (Å²) in [5.41, 5.74) is 12.4. The van der Waals surface area contributed by atoms with Crippen molar-refractivity contribution in [2.45, 2.75) is 13.8 Å². The topological polar surface area (TPSA) is 56.7 Å². The Morgan fingerprint density at radius 1 is 1.33 bits per heavy atom. The maximum absolute atomic E-state index is 6.19. The first-order valence-electron chi connectivity index (χ1n) is 5.43. The van der Waals surface area contributed by atoms with Crippen molar-refractivity contribution in [1.82, 2.24) is 14.8 Å². The third-order valence-electron chi connectivity index (χ3n) is 2.95. The molecule has 3 rings (SSSR count). The van der Waals surface area contributed by atoms with E-state index < -0.39 is 0 Å². The monoisotopic (exact) mass is 322 g/mol. The molecule has 0 amide bonds. The molecule has 0 atom stereocenters. The lowest BCUT2D eigenvalue weighted by molar-refractivity contribution is 0.836. The quantitative estimate of drug-likeness (QED) is 0.698. The van der Waals surface area contributed by atoms with Crippen molar-refractivity contribution in [2.75, 3.05) is 5.73 Å². The Morgan fingerprint density at radius 3 is 2.78 bits per heavy atom. The number of hydrogen-bond acceptors (Lipinski definition) is 4. The van der Waals surface area contributed by atoms with E-state index in [9.17, 15) is 0 Å². The van der Waals surface area contributed by atoms with Crippen LogP contribution in [0.15, 0.2) is 22.1 Å². The highest BCUT2D eigenvalue weighted by Crippen LogP contribution is 2.31. The highest BCUT2D eigenvalue weighted by molar-refractivity contribution is 9.10. The molecule has 0 aliphatic carbocycles. The molecule has 2 heterocycles. The molecule has 0 bridgehead atoms. The van der Waals surface area contributed by atoms with Gasteiger partial charge in [-0.2, -0.15) is 5.10 Å². The maximum atomic E-state index is 6.19. The molecule has 92 valence electrons. The van der Waals surface area contributed by atoms with Crippen molar-refractivity contribution in [1.29, 1.82) is 0 Å². The van der Waals surface area contributed by atoms with Crippen molar-refractivity contribution < 1.29 is 0 Å². The normalized spacial score (nSPS) is 11.3. The minimum atomic E-state index is 0.673.